The van der Waals surface area contributed by atoms with E-state index in [1.807, 2.05) is 6.07 Å². The molecule has 0 bridgehead atoms. The second-order valence-electron chi connectivity index (χ2n) is 6.75. The first-order valence-corrected chi connectivity index (χ1v) is 9.87. The lowest BCUT2D eigenvalue weighted by Crippen LogP contribution is -2.41. The van der Waals surface area contributed by atoms with Crippen LogP contribution in [0.1, 0.15) is 56.9 Å². The zero-order valence-corrected chi connectivity index (χ0v) is 16.0. The number of nitrogens with one attached hydrogen (secondary N) is 3. The first-order chi connectivity index (χ1) is 13.0. The van der Waals surface area contributed by atoms with Gasteiger partial charge in [0.2, 0.25) is 5.91 Å². The Morgan fingerprint density at radius 2 is 2.11 bits per heavy atom. The number of hydrazine groups is 1. The average molecular weight is 389 g/mol. The van der Waals surface area contributed by atoms with E-state index in [1.165, 1.54) is 28.0 Å². The highest BCUT2D eigenvalue weighted by atomic mass is 32.1. The molecule has 0 spiro atoms. The maximum Gasteiger partial charge on any atom is 0.286 e. The number of amides is 3. The topological polar surface area (TPSA) is 100 Å². The molecule has 3 amide bonds. The van der Waals surface area contributed by atoms with Crippen molar-refractivity contribution in [1.29, 1.82) is 0 Å². The van der Waals surface area contributed by atoms with Crippen LogP contribution in [0.5, 0.6) is 0 Å². The van der Waals surface area contributed by atoms with Crippen LogP contribution < -0.4 is 16.2 Å². The quantitative estimate of drug-likeness (QED) is 0.522. The standard InChI is InChI=1S/C19H23N3O4S/c1-12-6-7-15-13(10-12)11-16(27-15)19(25)22-21-17(23)5-2-8-20-18(24)14-4-3-9-26-14/h3-4,9,11-12H,2,5-8,10H2,1H3,(H,20,24)(H,21,23)(H,22,25)/t12-/m1/s1. The van der Waals surface area contributed by atoms with E-state index >= 15 is 0 Å². The van der Waals surface area contributed by atoms with Crippen LogP contribution in [0.25, 0.3) is 0 Å². The maximum absolute atomic E-state index is 12.2. The Labute approximate surface area is 161 Å². The summed E-state index contributed by atoms with van der Waals surface area (Å²) in [5.41, 5.74) is 6.14. The fraction of sp³-hybridized carbons (Fsp3) is 0.421. The monoisotopic (exact) mass is 389 g/mol. The molecule has 1 atom stereocenters. The summed E-state index contributed by atoms with van der Waals surface area (Å²) in [4.78, 5) is 37.6. The molecule has 144 valence electrons. The second-order valence-corrected chi connectivity index (χ2v) is 7.88. The Bertz CT molecular complexity index is 813. The molecule has 0 aliphatic heterocycles. The molecule has 0 fully saturated rings. The molecular weight excluding hydrogens is 366 g/mol. The van der Waals surface area contributed by atoms with Gasteiger partial charge in [-0.2, -0.15) is 0 Å². The van der Waals surface area contributed by atoms with Crippen molar-refractivity contribution in [2.75, 3.05) is 6.54 Å². The Kier molecular flexibility index (Phi) is 6.28. The molecule has 0 radical (unpaired) electrons. The van der Waals surface area contributed by atoms with Gasteiger partial charge in [0.1, 0.15) is 0 Å². The minimum Gasteiger partial charge on any atom is -0.459 e. The van der Waals surface area contributed by atoms with E-state index in [9.17, 15) is 14.4 Å². The van der Waals surface area contributed by atoms with Crippen LogP contribution >= 0.6 is 11.3 Å². The molecule has 8 heteroatoms. The van der Waals surface area contributed by atoms with Gasteiger partial charge in [0.25, 0.3) is 11.8 Å². The molecule has 2 aromatic heterocycles. The first-order valence-electron chi connectivity index (χ1n) is 9.05. The maximum atomic E-state index is 12.2. The summed E-state index contributed by atoms with van der Waals surface area (Å²) >= 11 is 1.50. The smallest absolute Gasteiger partial charge is 0.286 e. The van der Waals surface area contributed by atoms with Crippen molar-refractivity contribution in [2.45, 2.75) is 39.0 Å². The van der Waals surface area contributed by atoms with Gasteiger partial charge in [0.15, 0.2) is 5.76 Å². The Hall–Kier alpha value is -2.61. The predicted octanol–water partition coefficient (Wildman–Crippen LogP) is 2.44. The Morgan fingerprint density at radius 3 is 2.89 bits per heavy atom. The summed E-state index contributed by atoms with van der Waals surface area (Å²) in [7, 11) is 0. The van der Waals surface area contributed by atoms with Gasteiger partial charge in [-0.25, -0.2) is 0 Å². The van der Waals surface area contributed by atoms with Crippen LogP contribution in [-0.2, 0) is 17.6 Å². The van der Waals surface area contributed by atoms with E-state index in [0.717, 1.165) is 19.3 Å². The number of rotatable bonds is 6. The van der Waals surface area contributed by atoms with Crippen molar-refractivity contribution in [2.24, 2.45) is 5.92 Å². The number of carbonyl (C=O) groups excluding carboxylic acids is 3. The zero-order chi connectivity index (χ0) is 19.2. The number of thiophene rings is 1. The lowest BCUT2D eigenvalue weighted by atomic mass is 9.90. The van der Waals surface area contributed by atoms with Crippen molar-refractivity contribution in [3.63, 3.8) is 0 Å². The predicted molar refractivity (Wildman–Crippen MR) is 101 cm³/mol. The summed E-state index contributed by atoms with van der Waals surface area (Å²) in [6, 6.07) is 5.14. The van der Waals surface area contributed by atoms with Gasteiger partial charge in [-0.3, -0.25) is 25.2 Å². The summed E-state index contributed by atoms with van der Waals surface area (Å²) in [5.74, 6) is -0.0208. The number of furan rings is 1. The lowest BCUT2D eigenvalue weighted by molar-refractivity contribution is -0.121. The van der Waals surface area contributed by atoms with Crippen LogP contribution in [0, 0.1) is 5.92 Å². The summed E-state index contributed by atoms with van der Waals surface area (Å²) in [5, 5.41) is 2.66. The summed E-state index contributed by atoms with van der Waals surface area (Å²) in [6.45, 7) is 2.56. The van der Waals surface area contributed by atoms with E-state index in [1.54, 1.807) is 12.1 Å². The van der Waals surface area contributed by atoms with Gasteiger partial charge in [-0.15, -0.1) is 11.3 Å². The number of aryl methyl sites for hydroxylation is 1. The lowest BCUT2D eigenvalue weighted by Gasteiger charge is -2.16. The molecule has 0 aromatic carbocycles. The number of carbonyl (C=O) groups is 3. The highest BCUT2D eigenvalue weighted by Gasteiger charge is 2.20. The van der Waals surface area contributed by atoms with E-state index in [-0.39, 0.29) is 29.9 Å². The van der Waals surface area contributed by atoms with Crippen molar-refractivity contribution in [1.82, 2.24) is 16.2 Å². The van der Waals surface area contributed by atoms with Crippen LogP contribution in [0.2, 0.25) is 0 Å². The highest BCUT2D eigenvalue weighted by Crippen LogP contribution is 2.32. The van der Waals surface area contributed by atoms with E-state index < -0.39 is 0 Å². The van der Waals surface area contributed by atoms with Gasteiger partial charge in [-0.1, -0.05) is 6.92 Å². The SMILES string of the molecule is C[C@@H]1CCc2sc(C(=O)NNC(=O)CCCNC(=O)c3ccco3)cc2C1. The van der Waals surface area contributed by atoms with Crippen LogP contribution in [-0.4, -0.2) is 24.3 Å². The molecular formula is C19H23N3O4S. The number of hydrogen-bond acceptors (Lipinski definition) is 5. The molecule has 1 aliphatic carbocycles. The normalized spacial score (nSPS) is 15.7. The van der Waals surface area contributed by atoms with Crippen molar-refractivity contribution in [3.05, 3.63) is 45.5 Å². The molecule has 1 aliphatic rings. The van der Waals surface area contributed by atoms with E-state index in [4.69, 9.17) is 4.42 Å². The molecule has 0 unspecified atom stereocenters. The third-order valence-corrected chi connectivity index (χ3v) is 5.72. The third kappa shape index (κ3) is 5.19. The number of hydrogen-bond donors (Lipinski definition) is 3. The van der Waals surface area contributed by atoms with E-state index in [0.29, 0.717) is 23.8 Å². The zero-order valence-electron chi connectivity index (χ0n) is 15.2. The summed E-state index contributed by atoms with van der Waals surface area (Å²) < 4.78 is 4.98. The van der Waals surface area contributed by atoms with Gasteiger partial charge in [-0.05, 0) is 55.4 Å². The molecule has 2 aromatic rings. The minimum absolute atomic E-state index is 0.192. The first kappa shape index (κ1) is 19.2. The van der Waals surface area contributed by atoms with Crippen molar-refractivity contribution < 1.29 is 18.8 Å². The van der Waals surface area contributed by atoms with Crippen LogP contribution in [0.3, 0.4) is 0 Å². The molecule has 3 rings (SSSR count). The minimum atomic E-state index is -0.315. The van der Waals surface area contributed by atoms with Crippen molar-refractivity contribution >= 4 is 29.1 Å². The fourth-order valence-electron chi connectivity index (χ4n) is 3.01. The van der Waals surface area contributed by atoms with Gasteiger partial charge < -0.3 is 9.73 Å². The number of fused-ring (bicyclic) bond motifs is 1. The molecule has 2 heterocycles. The summed E-state index contributed by atoms with van der Waals surface area (Å²) in [6.07, 6.45) is 5.26. The molecule has 27 heavy (non-hydrogen) atoms. The Balaban J connectivity index is 1.35. The third-order valence-electron chi connectivity index (χ3n) is 4.48. The molecule has 0 saturated heterocycles. The van der Waals surface area contributed by atoms with Crippen LogP contribution in [0.15, 0.2) is 28.9 Å². The highest BCUT2D eigenvalue weighted by molar-refractivity contribution is 7.14. The Morgan fingerprint density at radius 1 is 1.26 bits per heavy atom. The largest absolute Gasteiger partial charge is 0.459 e. The second kappa shape index (κ2) is 8.85. The average Bonchev–Trinajstić information content (AvgIpc) is 3.32. The molecule has 7 nitrogen and oxygen atoms in total. The van der Waals surface area contributed by atoms with Gasteiger partial charge in [0, 0.05) is 17.8 Å². The van der Waals surface area contributed by atoms with Crippen LogP contribution in [0.4, 0.5) is 0 Å². The van der Waals surface area contributed by atoms with Gasteiger partial charge in [0.05, 0.1) is 11.1 Å². The van der Waals surface area contributed by atoms with E-state index in [2.05, 4.69) is 23.1 Å². The molecule has 0 saturated carbocycles. The molecule has 3 N–H and O–H groups in total. The fourth-order valence-corrected chi connectivity index (χ4v) is 4.12. The van der Waals surface area contributed by atoms with Gasteiger partial charge >= 0.3 is 0 Å². The van der Waals surface area contributed by atoms with Crippen molar-refractivity contribution in [3.8, 4) is 0 Å².